The van der Waals surface area contributed by atoms with Gasteiger partial charge in [-0.05, 0) is 6.92 Å². The van der Waals surface area contributed by atoms with Crippen molar-refractivity contribution in [1.82, 2.24) is 15.2 Å². The molecule has 62 valence electrons. The Labute approximate surface area is 70.3 Å². The normalized spacial score (nSPS) is 10.5. The molecule has 0 aliphatic heterocycles. The highest BCUT2D eigenvalue weighted by Crippen LogP contribution is 2.18. The maximum Gasteiger partial charge on any atom is 0.0860 e. The van der Waals surface area contributed by atoms with Gasteiger partial charge >= 0.3 is 0 Å². The van der Waals surface area contributed by atoms with E-state index in [9.17, 15) is 0 Å². The highest BCUT2D eigenvalue weighted by atomic mass is 35.5. The molecule has 0 spiro atoms. The Morgan fingerprint density at radius 2 is 2.36 bits per heavy atom. The molecule has 0 bridgehead atoms. The predicted molar refractivity (Wildman–Crippen MR) is 44.0 cm³/mol. The van der Waals surface area contributed by atoms with Gasteiger partial charge in [-0.2, -0.15) is 5.10 Å². The number of aromatic nitrogens is 2. The van der Waals surface area contributed by atoms with Gasteiger partial charge in [0.25, 0.3) is 0 Å². The molecule has 0 fully saturated rings. The summed E-state index contributed by atoms with van der Waals surface area (Å²) < 4.78 is 1.72. The van der Waals surface area contributed by atoms with E-state index in [-0.39, 0.29) is 0 Å². The van der Waals surface area contributed by atoms with Crippen molar-refractivity contribution < 1.29 is 0 Å². The summed E-state index contributed by atoms with van der Waals surface area (Å²) in [7, 11) is 1.84. The van der Waals surface area contributed by atoms with Crippen LogP contribution < -0.4 is 11.3 Å². The van der Waals surface area contributed by atoms with E-state index in [0.717, 1.165) is 11.4 Å². The Bertz CT molecular complexity index is 255. The van der Waals surface area contributed by atoms with E-state index >= 15 is 0 Å². The Hall–Kier alpha value is -0.580. The third-order valence-electron chi connectivity index (χ3n) is 1.53. The minimum absolute atomic E-state index is 0.538. The topological polar surface area (TPSA) is 55.9 Å². The van der Waals surface area contributed by atoms with Crippen LogP contribution in [0.4, 0.5) is 0 Å². The molecular formula is C6H11ClN4. The van der Waals surface area contributed by atoms with E-state index in [1.807, 2.05) is 14.0 Å². The van der Waals surface area contributed by atoms with Crippen LogP contribution in [-0.2, 0) is 13.6 Å². The molecule has 0 unspecified atom stereocenters. The van der Waals surface area contributed by atoms with Gasteiger partial charge in [-0.25, -0.2) is 0 Å². The molecule has 1 heterocycles. The first-order valence-corrected chi connectivity index (χ1v) is 3.66. The third-order valence-corrected chi connectivity index (χ3v) is 2.02. The van der Waals surface area contributed by atoms with Gasteiger partial charge < -0.3 is 0 Å². The van der Waals surface area contributed by atoms with Gasteiger partial charge in [-0.3, -0.25) is 16.0 Å². The maximum absolute atomic E-state index is 5.91. The molecule has 4 nitrogen and oxygen atoms in total. The van der Waals surface area contributed by atoms with Crippen LogP contribution in [0, 0.1) is 6.92 Å². The lowest BCUT2D eigenvalue weighted by Crippen LogP contribution is -2.22. The van der Waals surface area contributed by atoms with Gasteiger partial charge in [0.1, 0.15) is 0 Å². The van der Waals surface area contributed by atoms with E-state index in [1.165, 1.54) is 0 Å². The number of nitrogens with zero attached hydrogens (tertiary/aromatic N) is 2. The molecule has 0 saturated heterocycles. The van der Waals surface area contributed by atoms with Gasteiger partial charge in [0.05, 0.1) is 23.0 Å². The van der Waals surface area contributed by atoms with Crippen molar-refractivity contribution in [3.63, 3.8) is 0 Å². The zero-order chi connectivity index (χ0) is 8.43. The molecule has 1 aromatic heterocycles. The fourth-order valence-corrected chi connectivity index (χ4v) is 1.20. The van der Waals surface area contributed by atoms with Gasteiger partial charge in [-0.15, -0.1) is 0 Å². The number of hydrazine groups is 1. The second-order valence-electron chi connectivity index (χ2n) is 2.35. The van der Waals surface area contributed by atoms with E-state index < -0.39 is 0 Å². The Balaban J connectivity index is 3.02. The molecule has 11 heavy (non-hydrogen) atoms. The maximum atomic E-state index is 5.91. The summed E-state index contributed by atoms with van der Waals surface area (Å²) in [5, 5.41) is 4.80. The lowest BCUT2D eigenvalue weighted by atomic mass is 10.4. The summed E-state index contributed by atoms with van der Waals surface area (Å²) in [5.41, 5.74) is 4.28. The van der Waals surface area contributed by atoms with Crippen molar-refractivity contribution in [2.45, 2.75) is 13.5 Å². The Kier molecular flexibility index (Phi) is 2.49. The molecule has 0 aromatic carbocycles. The number of aryl methyl sites for hydroxylation is 2. The average molecular weight is 175 g/mol. The zero-order valence-corrected chi connectivity index (χ0v) is 7.31. The minimum atomic E-state index is 0.538. The quantitative estimate of drug-likeness (QED) is 0.503. The molecule has 0 aliphatic carbocycles. The monoisotopic (exact) mass is 174 g/mol. The highest BCUT2D eigenvalue weighted by Gasteiger charge is 2.08. The third kappa shape index (κ3) is 1.53. The van der Waals surface area contributed by atoms with Crippen LogP contribution in [0.2, 0.25) is 5.02 Å². The van der Waals surface area contributed by atoms with E-state index in [1.54, 1.807) is 4.68 Å². The molecule has 0 amide bonds. The summed E-state index contributed by atoms with van der Waals surface area (Å²) in [6.45, 7) is 2.40. The van der Waals surface area contributed by atoms with Crippen LogP contribution in [0.5, 0.6) is 0 Å². The SMILES string of the molecule is Cc1nn(C)c(CNN)c1Cl. The van der Waals surface area contributed by atoms with Gasteiger partial charge in [-0.1, -0.05) is 11.6 Å². The van der Waals surface area contributed by atoms with Crippen molar-refractivity contribution >= 4 is 11.6 Å². The van der Waals surface area contributed by atoms with Crippen molar-refractivity contribution in [3.05, 3.63) is 16.4 Å². The molecule has 1 aromatic rings. The molecule has 0 atom stereocenters. The van der Waals surface area contributed by atoms with Gasteiger partial charge in [0.2, 0.25) is 0 Å². The van der Waals surface area contributed by atoms with Crippen LogP contribution in [0.1, 0.15) is 11.4 Å². The van der Waals surface area contributed by atoms with E-state index in [0.29, 0.717) is 11.6 Å². The summed E-state index contributed by atoms with van der Waals surface area (Å²) in [6.07, 6.45) is 0. The van der Waals surface area contributed by atoms with E-state index in [4.69, 9.17) is 17.4 Å². The number of rotatable bonds is 2. The minimum Gasteiger partial charge on any atom is -0.271 e. The first-order valence-electron chi connectivity index (χ1n) is 3.28. The fourth-order valence-electron chi connectivity index (χ4n) is 0.969. The molecule has 0 radical (unpaired) electrons. The smallest absolute Gasteiger partial charge is 0.0860 e. The van der Waals surface area contributed by atoms with Gasteiger partial charge in [0.15, 0.2) is 0 Å². The van der Waals surface area contributed by atoms with E-state index in [2.05, 4.69) is 10.5 Å². The van der Waals surface area contributed by atoms with Crippen LogP contribution in [0.15, 0.2) is 0 Å². The standard InChI is InChI=1S/C6H11ClN4/c1-4-6(7)5(3-9-8)11(2)10-4/h9H,3,8H2,1-2H3. The van der Waals surface area contributed by atoms with Crippen molar-refractivity contribution in [1.29, 1.82) is 0 Å². The number of hydrogen-bond acceptors (Lipinski definition) is 3. The number of hydrogen-bond donors (Lipinski definition) is 2. The lowest BCUT2D eigenvalue weighted by Gasteiger charge is -1.99. The van der Waals surface area contributed by atoms with Crippen LogP contribution in [0.3, 0.4) is 0 Å². The van der Waals surface area contributed by atoms with Crippen LogP contribution in [0.25, 0.3) is 0 Å². The Morgan fingerprint density at radius 1 is 1.73 bits per heavy atom. The summed E-state index contributed by atoms with van der Waals surface area (Å²) in [4.78, 5) is 0. The largest absolute Gasteiger partial charge is 0.271 e. The van der Waals surface area contributed by atoms with Crippen LogP contribution in [-0.4, -0.2) is 9.78 Å². The molecule has 3 N–H and O–H groups in total. The summed E-state index contributed by atoms with van der Waals surface area (Å²) in [5.74, 6) is 5.16. The predicted octanol–water partition coefficient (Wildman–Crippen LogP) is 0.345. The molecular weight excluding hydrogens is 164 g/mol. The highest BCUT2D eigenvalue weighted by molar-refractivity contribution is 6.31. The Morgan fingerprint density at radius 3 is 2.73 bits per heavy atom. The second-order valence-corrected chi connectivity index (χ2v) is 2.73. The van der Waals surface area contributed by atoms with Crippen LogP contribution >= 0.6 is 11.6 Å². The van der Waals surface area contributed by atoms with Crippen molar-refractivity contribution in [2.75, 3.05) is 0 Å². The molecule has 1 rings (SSSR count). The number of halogens is 1. The summed E-state index contributed by atoms with van der Waals surface area (Å²) >= 11 is 5.91. The van der Waals surface area contributed by atoms with Crippen molar-refractivity contribution in [2.24, 2.45) is 12.9 Å². The average Bonchev–Trinajstić information content (AvgIpc) is 2.17. The molecule has 5 heteroatoms. The molecule has 0 saturated carbocycles. The van der Waals surface area contributed by atoms with Crippen molar-refractivity contribution in [3.8, 4) is 0 Å². The second kappa shape index (κ2) is 3.21. The number of nitrogens with two attached hydrogens (primary N) is 1. The first-order chi connectivity index (χ1) is 5.16. The lowest BCUT2D eigenvalue weighted by molar-refractivity contribution is 0.644. The molecule has 0 aliphatic rings. The van der Waals surface area contributed by atoms with Gasteiger partial charge in [0, 0.05) is 7.05 Å². The number of nitrogens with one attached hydrogen (secondary N) is 1. The first kappa shape index (κ1) is 8.52. The summed E-state index contributed by atoms with van der Waals surface area (Å²) in [6, 6.07) is 0. The fraction of sp³-hybridized carbons (Fsp3) is 0.500. The zero-order valence-electron chi connectivity index (χ0n) is 6.56.